The number of nitrogens with zero attached hydrogens (tertiary/aromatic N) is 2. The largest absolute Gasteiger partial charge is 0.376 e. The van der Waals surface area contributed by atoms with Gasteiger partial charge in [-0.05, 0) is 38.7 Å². The van der Waals surface area contributed by atoms with Crippen molar-refractivity contribution in [2.24, 2.45) is 7.05 Å². The molecule has 0 unspecified atom stereocenters. The average Bonchev–Trinajstić information content (AvgIpc) is 3.13. The van der Waals surface area contributed by atoms with Crippen LogP contribution in [-0.2, 0) is 23.0 Å². The summed E-state index contributed by atoms with van der Waals surface area (Å²) in [4.78, 5) is 27.3. The third-order valence-corrected chi connectivity index (χ3v) is 4.71. The van der Waals surface area contributed by atoms with Crippen LogP contribution in [0.3, 0.4) is 0 Å². The normalized spacial score (nSPS) is 17.5. The fourth-order valence-corrected chi connectivity index (χ4v) is 3.42. The molecule has 2 aromatic rings. The molecule has 0 spiro atoms. The Bertz CT molecular complexity index is 815. The number of carbonyl (C=O) groups excluding carboxylic acids is 1. The number of aromatic nitrogens is 3. The smallest absolute Gasteiger partial charge is 0.253 e. The van der Waals surface area contributed by atoms with Crippen molar-refractivity contribution >= 4 is 16.9 Å². The molecule has 7 heteroatoms. The van der Waals surface area contributed by atoms with Crippen LogP contribution in [0.15, 0.2) is 4.79 Å². The Morgan fingerprint density at radius 3 is 2.96 bits per heavy atom. The lowest BCUT2D eigenvalue weighted by Crippen LogP contribution is -2.32. The monoisotopic (exact) mass is 332 g/mol. The minimum Gasteiger partial charge on any atom is -0.376 e. The van der Waals surface area contributed by atoms with Crippen LogP contribution >= 0.6 is 0 Å². The quantitative estimate of drug-likeness (QED) is 0.858. The maximum atomic E-state index is 12.3. The molecule has 130 valence electrons. The van der Waals surface area contributed by atoms with Gasteiger partial charge in [-0.15, -0.1) is 0 Å². The summed E-state index contributed by atoms with van der Waals surface area (Å²) in [5.41, 5.74) is 3.03. The number of carbonyl (C=O) groups is 1. The zero-order valence-corrected chi connectivity index (χ0v) is 14.4. The number of fused-ring (bicyclic) bond motifs is 1. The van der Waals surface area contributed by atoms with Gasteiger partial charge >= 0.3 is 0 Å². The number of rotatable bonds is 5. The summed E-state index contributed by atoms with van der Waals surface area (Å²) < 4.78 is 7.17. The number of hydrogen-bond donors (Lipinski definition) is 2. The molecule has 2 N–H and O–H groups in total. The van der Waals surface area contributed by atoms with Crippen molar-refractivity contribution in [1.29, 1.82) is 0 Å². The van der Waals surface area contributed by atoms with E-state index in [9.17, 15) is 9.59 Å². The Labute approximate surface area is 140 Å². The van der Waals surface area contributed by atoms with E-state index in [1.807, 2.05) is 20.9 Å². The summed E-state index contributed by atoms with van der Waals surface area (Å²) in [5.74, 6) is -0.0488. The number of nitrogens with one attached hydrogen (secondary N) is 2. The van der Waals surface area contributed by atoms with E-state index in [4.69, 9.17) is 4.74 Å². The molecule has 7 nitrogen and oxygen atoms in total. The first-order valence-electron chi connectivity index (χ1n) is 8.40. The Kier molecular flexibility index (Phi) is 4.71. The van der Waals surface area contributed by atoms with Crippen molar-refractivity contribution in [2.45, 2.75) is 45.6 Å². The second kappa shape index (κ2) is 6.76. The maximum Gasteiger partial charge on any atom is 0.253 e. The lowest BCUT2D eigenvalue weighted by atomic mass is 10.0. The molecule has 0 saturated carbocycles. The molecule has 1 fully saturated rings. The fourth-order valence-electron chi connectivity index (χ4n) is 3.42. The van der Waals surface area contributed by atoms with E-state index in [-0.39, 0.29) is 17.6 Å². The zero-order chi connectivity index (χ0) is 17.3. The summed E-state index contributed by atoms with van der Waals surface area (Å²) in [6, 6.07) is 0. The van der Waals surface area contributed by atoms with Gasteiger partial charge in [0.2, 0.25) is 5.91 Å². The molecule has 1 saturated heterocycles. The topological polar surface area (TPSA) is 89.0 Å². The van der Waals surface area contributed by atoms with Crippen LogP contribution in [0.1, 0.15) is 36.1 Å². The Morgan fingerprint density at radius 2 is 2.25 bits per heavy atom. The molecule has 3 rings (SSSR count). The Hall–Kier alpha value is -2.15. The van der Waals surface area contributed by atoms with Crippen molar-refractivity contribution in [3.05, 3.63) is 27.2 Å². The highest BCUT2D eigenvalue weighted by Gasteiger charge is 2.18. The molecule has 3 heterocycles. The molecule has 1 atom stereocenters. The van der Waals surface area contributed by atoms with Gasteiger partial charge in [0, 0.05) is 37.6 Å². The van der Waals surface area contributed by atoms with E-state index >= 15 is 0 Å². The van der Waals surface area contributed by atoms with Crippen molar-refractivity contribution in [1.82, 2.24) is 20.1 Å². The van der Waals surface area contributed by atoms with Crippen molar-refractivity contribution in [3.8, 4) is 0 Å². The van der Waals surface area contributed by atoms with Crippen LogP contribution in [0, 0.1) is 13.8 Å². The van der Waals surface area contributed by atoms with Crippen LogP contribution in [0.5, 0.6) is 0 Å². The second-order valence-corrected chi connectivity index (χ2v) is 6.43. The number of aryl methyl sites for hydroxylation is 3. The molecule has 0 bridgehead atoms. The Balaban J connectivity index is 1.69. The first-order valence-corrected chi connectivity index (χ1v) is 8.40. The summed E-state index contributed by atoms with van der Waals surface area (Å²) in [5, 5.41) is 8.21. The van der Waals surface area contributed by atoms with Crippen LogP contribution in [-0.4, -0.2) is 39.9 Å². The first kappa shape index (κ1) is 16.7. The predicted octanol–water partition coefficient (Wildman–Crippen LogP) is 1.11. The van der Waals surface area contributed by atoms with Gasteiger partial charge < -0.3 is 15.0 Å². The van der Waals surface area contributed by atoms with Crippen molar-refractivity contribution in [2.75, 3.05) is 13.2 Å². The van der Waals surface area contributed by atoms with Gasteiger partial charge in [0.1, 0.15) is 5.65 Å². The minimum atomic E-state index is -0.144. The molecule has 0 aliphatic carbocycles. The van der Waals surface area contributed by atoms with Crippen LogP contribution in [0.2, 0.25) is 0 Å². The van der Waals surface area contributed by atoms with E-state index in [1.54, 1.807) is 4.68 Å². The molecular formula is C17H24N4O3. The maximum absolute atomic E-state index is 12.3. The van der Waals surface area contributed by atoms with Gasteiger partial charge in [0.05, 0.1) is 11.8 Å². The second-order valence-electron chi connectivity index (χ2n) is 6.43. The summed E-state index contributed by atoms with van der Waals surface area (Å²) >= 11 is 0. The van der Waals surface area contributed by atoms with E-state index < -0.39 is 0 Å². The zero-order valence-electron chi connectivity index (χ0n) is 14.4. The SMILES string of the molecule is Cc1nn(C)c2[nH]c(=O)c(CCC(=O)NC[C@H]3CCCO3)c(C)c12. The van der Waals surface area contributed by atoms with Crippen LogP contribution in [0.4, 0.5) is 0 Å². The van der Waals surface area contributed by atoms with Crippen molar-refractivity contribution in [3.63, 3.8) is 0 Å². The van der Waals surface area contributed by atoms with Gasteiger partial charge in [0.25, 0.3) is 5.56 Å². The number of pyridine rings is 1. The molecule has 24 heavy (non-hydrogen) atoms. The number of H-pyrrole nitrogens is 1. The number of ether oxygens (including phenoxy) is 1. The predicted molar refractivity (Wildman–Crippen MR) is 91.1 cm³/mol. The van der Waals surface area contributed by atoms with Crippen LogP contribution in [0.25, 0.3) is 11.0 Å². The highest BCUT2D eigenvalue weighted by molar-refractivity contribution is 5.83. The number of amides is 1. The molecule has 0 radical (unpaired) electrons. The van der Waals surface area contributed by atoms with E-state index in [0.717, 1.165) is 41.7 Å². The molecule has 1 amide bonds. The number of aromatic amines is 1. The lowest BCUT2D eigenvalue weighted by Gasteiger charge is -2.11. The van der Waals surface area contributed by atoms with Gasteiger partial charge in [-0.3, -0.25) is 14.3 Å². The third-order valence-electron chi connectivity index (χ3n) is 4.71. The lowest BCUT2D eigenvalue weighted by molar-refractivity contribution is -0.121. The molecule has 2 aromatic heterocycles. The van der Waals surface area contributed by atoms with E-state index in [2.05, 4.69) is 15.4 Å². The Morgan fingerprint density at radius 1 is 1.46 bits per heavy atom. The minimum absolute atomic E-state index is 0.0488. The molecule has 1 aliphatic rings. The fraction of sp³-hybridized carbons (Fsp3) is 0.588. The third kappa shape index (κ3) is 3.21. The average molecular weight is 332 g/mol. The van der Waals surface area contributed by atoms with Crippen molar-refractivity contribution < 1.29 is 9.53 Å². The van der Waals surface area contributed by atoms with Gasteiger partial charge in [-0.1, -0.05) is 0 Å². The van der Waals surface area contributed by atoms with E-state index in [1.165, 1.54) is 0 Å². The van der Waals surface area contributed by atoms with Gasteiger partial charge in [-0.25, -0.2) is 0 Å². The summed E-state index contributed by atoms with van der Waals surface area (Å²) in [6.45, 7) is 5.17. The highest BCUT2D eigenvalue weighted by Crippen LogP contribution is 2.21. The molecule has 0 aromatic carbocycles. The highest BCUT2D eigenvalue weighted by atomic mass is 16.5. The van der Waals surface area contributed by atoms with Gasteiger partial charge in [0.15, 0.2) is 0 Å². The molecular weight excluding hydrogens is 308 g/mol. The van der Waals surface area contributed by atoms with E-state index in [0.29, 0.717) is 24.9 Å². The summed E-state index contributed by atoms with van der Waals surface area (Å²) in [6.07, 6.45) is 2.90. The van der Waals surface area contributed by atoms with Gasteiger partial charge in [-0.2, -0.15) is 5.10 Å². The van der Waals surface area contributed by atoms with Crippen LogP contribution < -0.4 is 10.9 Å². The standard InChI is InChI=1S/C17H24N4O3/c1-10-13(6-7-14(22)18-9-12-5-4-8-24-12)17(23)19-16-15(10)11(2)20-21(16)3/h12H,4-9H2,1-3H3,(H,18,22)(H,19,23)/t12-/m1/s1. The summed E-state index contributed by atoms with van der Waals surface area (Å²) in [7, 11) is 1.81. The molecule has 1 aliphatic heterocycles. The first-order chi connectivity index (χ1) is 11.5. The number of hydrogen-bond acceptors (Lipinski definition) is 4.